The molecule has 4 heterocycles. The quantitative estimate of drug-likeness (QED) is 0.581. The van der Waals surface area contributed by atoms with Gasteiger partial charge >= 0.3 is 0 Å². The lowest BCUT2D eigenvalue weighted by molar-refractivity contribution is -0.00657. The van der Waals surface area contributed by atoms with Crippen molar-refractivity contribution in [3.8, 4) is 22.3 Å². The van der Waals surface area contributed by atoms with Crippen molar-refractivity contribution in [2.24, 2.45) is 0 Å². The van der Waals surface area contributed by atoms with Gasteiger partial charge < -0.3 is 23.5 Å². The van der Waals surface area contributed by atoms with Gasteiger partial charge in [0.25, 0.3) is 0 Å². The normalized spacial score (nSPS) is 21.3. The molecule has 2 aliphatic heterocycles. The Morgan fingerprint density at radius 2 is 1.81 bits per heavy atom. The molecule has 10 heteroatoms. The summed E-state index contributed by atoms with van der Waals surface area (Å²) < 4.78 is 50.3. The number of benzene rings is 1. The van der Waals surface area contributed by atoms with E-state index in [1.54, 1.807) is 6.07 Å². The van der Waals surface area contributed by atoms with Crippen LogP contribution in [-0.2, 0) is 14.6 Å². The number of rotatable bonds is 4. The third-order valence-corrected chi connectivity index (χ3v) is 7.60. The number of thiophene rings is 1. The Morgan fingerprint density at radius 3 is 2.52 bits per heavy atom. The number of aromatic nitrogens is 1. The maximum Gasteiger partial charge on any atom is 0.240 e. The van der Waals surface area contributed by atoms with Crippen LogP contribution in [-0.4, -0.2) is 51.9 Å². The van der Waals surface area contributed by atoms with Crippen LogP contribution in [0.2, 0.25) is 0 Å². The third kappa shape index (κ3) is 3.79. The molecule has 1 saturated heterocycles. The maximum absolute atomic E-state index is 13.7. The number of oxazole rings is 1. The van der Waals surface area contributed by atoms with Gasteiger partial charge in [-0.15, -0.1) is 11.3 Å². The van der Waals surface area contributed by atoms with Crippen molar-refractivity contribution in [1.29, 1.82) is 0 Å². The highest BCUT2D eigenvalue weighted by Crippen LogP contribution is 2.39. The van der Waals surface area contributed by atoms with Crippen molar-refractivity contribution in [2.75, 3.05) is 31.2 Å². The first kappa shape index (κ1) is 20.3. The fourth-order valence-electron chi connectivity index (χ4n) is 3.82. The van der Waals surface area contributed by atoms with Crippen LogP contribution in [0.5, 0.6) is 11.5 Å². The molecular weight excluding hydrogens is 440 g/mol. The van der Waals surface area contributed by atoms with Crippen molar-refractivity contribution in [1.82, 2.24) is 4.98 Å². The lowest BCUT2D eigenvalue weighted by atomic mass is 10.2. The molecule has 2 aromatic heterocycles. The number of fused-ring (bicyclic) bond motifs is 1. The van der Waals surface area contributed by atoms with Gasteiger partial charge in [0.2, 0.25) is 26.6 Å². The van der Waals surface area contributed by atoms with Gasteiger partial charge in [-0.3, -0.25) is 0 Å². The van der Waals surface area contributed by atoms with Crippen LogP contribution >= 0.6 is 11.3 Å². The number of hydrogen-bond donors (Lipinski definition) is 0. The van der Waals surface area contributed by atoms with Crippen LogP contribution in [0.25, 0.3) is 10.8 Å². The Hall–Kier alpha value is -2.56. The van der Waals surface area contributed by atoms with Gasteiger partial charge in [0.1, 0.15) is 13.2 Å². The van der Waals surface area contributed by atoms with Crippen LogP contribution < -0.4 is 14.4 Å². The predicted molar refractivity (Wildman–Crippen MR) is 115 cm³/mol. The molecule has 164 valence electrons. The lowest BCUT2D eigenvalue weighted by Gasteiger charge is -2.35. The van der Waals surface area contributed by atoms with E-state index in [9.17, 15) is 8.42 Å². The summed E-state index contributed by atoms with van der Waals surface area (Å²) in [6.07, 6.45) is -0.132. The Balaban J connectivity index is 1.61. The van der Waals surface area contributed by atoms with E-state index in [0.717, 1.165) is 4.88 Å². The zero-order chi connectivity index (χ0) is 21.6. The summed E-state index contributed by atoms with van der Waals surface area (Å²) in [5.41, 5.74) is 0. The predicted octanol–water partition coefficient (Wildman–Crippen LogP) is 3.62. The lowest BCUT2D eigenvalue weighted by Crippen LogP contribution is -2.45. The van der Waals surface area contributed by atoms with Crippen LogP contribution in [0.15, 0.2) is 50.1 Å². The molecule has 0 bridgehead atoms. The zero-order valence-electron chi connectivity index (χ0n) is 17.1. The Kier molecular flexibility index (Phi) is 5.15. The van der Waals surface area contributed by atoms with E-state index in [4.69, 9.17) is 18.6 Å². The summed E-state index contributed by atoms with van der Waals surface area (Å²) in [7, 11) is -3.98. The van der Waals surface area contributed by atoms with Gasteiger partial charge in [-0.1, -0.05) is 6.07 Å². The van der Waals surface area contributed by atoms with Gasteiger partial charge in [-0.2, -0.15) is 4.98 Å². The molecule has 2 aliphatic rings. The summed E-state index contributed by atoms with van der Waals surface area (Å²) in [4.78, 5) is 7.18. The van der Waals surface area contributed by atoms with E-state index in [0.29, 0.717) is 37.8 Å². The fraction of sp³-hybridized carbons (Fsp3) is 0.381. The van der Waals surface area contributed by atoms with E-state index in [1.165, 1.54) is 23.5 Å². The number of morpholine rings is 1. The minimum Gasteiger partial charge on any atom is -0.486 e. The van der Waals surface area contributed by atoms with Crippen molar-refractivity contribution in [2.45, 2.75) is 36.0 Å². The fourth-order valence-corrected chi connectivity index (χ4v) is 5.81. The minimum atomic E-state index is -3.98. The second-order valence-corrected chi connectivity index (χ2v) is 10.4. The van der Waals surface area contributed by atoms with E-state index < -0.39 is 9.84 Å². The summed E-state index contributed by atoms with van der Waals surface area (Å²) in [6, 6.07) is 8.33. The zero-order valence-corrected chi connectivity index (χ0v) is 18.7. The maximum atomic E-state index is 13.7. The van der Waals surface area contributed by atoms with Crippen molar-refractivity contribution in [3.63, 3.8) is 0 Å². The standard InChI is InChI=1S/C21H22N2O6S2/c1-13-11-23(12-14(2)28-13)21-20(22-19(29-21)18-4-3-9-30-18)31(24,25)15-5-6-16-17(10-15)27-8-7-26-16/h3-6,9-10,13-14H,7-8,11-12H2,1-2H3. The molecule has 8 nitrogen and oxygen atoms in total. The number of anilines is 1. The Bertz CT molecular complexity index is 1180. The second kappa shape index (κ2) is 7.85. The van der Waals surface area contributed by atoms with Crippen LogP contribution in [0, 0.1) is 0 Å². The third-order valence-electron chi connectivity index (χ3n) is 5.10. The molecule has 1 fully saturated rings. The molecule has 31 heavy (non-hydrogen) atoms. The number of hydrogen-bond acceptors (Lipinski definition) is 9. The molecule has 0 amide bonds. The van der Waals surface area contributed by atoms with Gasteiger partial charge in [0.05, 0.1) is 22.0 Å². The van der Waals surface area contributed by atoms with Crippen LogP contribution in [0.1, 0.15) is 13.8 Å². The van der Waals surface area contributed by atoms with Crippen molar-refractivity contribution >= 4 is 27.1 Å². The SMILES string of the molecule is CC1CN(c2oc(-c3cccs3)nc2S(=O)(=O)c2ccc3c(c2)OCCO3)CC(C)O1. The molecule has 0 N–H and O–H groups in total. The number of nitrogens with zero attached hydrogens (tertiary/aromatic N) is 2. The molecule has 0 spiro atoms. The number of ether oxygens (including phenoxy) is 3. The van der Waals surface area contributed by atoms with Crippen LogP contribution in [0.4, 0.5) is 5.88 Å². The average Bonchev–Trinajstić information content (AvgIpc) is 3.43. The minimum absolute atomic E-state index is 0.0658. The molecule has 5 rings (SSSR count). The Morgan fingerprint density at radius 1 is 1.06 bits per heavy atom. The summed E-state index contributed by atoms with van der Waals surface area (Å²) >= 11 is 1.44. The average molecular weight is 463 g/mol. The van der Waals surface area contributed by atoms with E-state index in [1.807, 2.05) is 36.3 Å². The van der Waals surface area contributed by atoms with Crippen molar-refractivity contribution in [3.05, 3.63) is 35.7 Å². The summed E-state index contributed by atoms with van der Waals surface area (Å²) in [5.74, 6) is 1.46. The number of sulfone groups is 1. The van der Waals surface area contributed by atoms with Gasteiger partial charge in [-0.25, -0.2) is 8.42 Å². The van der Waals surface area contributed by atoms with Gasteiger partial charge in [0.15, 0.2) is 11.5 Å². The molecule has 2 unspecified atom stereocenters. The molecule has 1 aromatic carbocycles. The molecule has 0 aliphatic carbocycles. The molecule has 2 atom stereocenters. The first-order valence-electron chi connectivity index (χ1n) is 10.0. The second-order valence-electron chi connectivity index (χ2n) is 7.58. The largest absolute Gasteiger partial charge is 0.486 e. The smallest absolute Gasteiger partial charge is 0.240 e. The van der Waals surface area contributed by atoms with Crippen molar-refractivity contribution < 1.29 is 27.0 Å². The highest BCUT2D eigenvalue weighted by atomic mass is 32.2. The van der Waals surface area contributed by atoms with E-state index in [-0.39, 0.29) is 33.9 Å². The van der Waals surface area contributed by atoms with E-state index >= 15 is 0 Å². The first-order valence-corrected chi connectivity index (χ1v) is 12.4. The van der Waals surface area contributed by atoms with Gasteiger partial charge in [-0.05, 0) is 37.4 Å². The topological polar surface area (TPSA) is 91.1 Å². The monoisotopic (exact) mass is 462 g/mol. The highest BCUT2D eigenvalue weighted by molar-refractivity contribution is 7.91. The summed E-state index contributed by atoms with van der Waals surface area (Å²) in [5, 5.41) is 1.79. The highest BCUT2D eigenvalue weighted by Gasteiger charge is 2.35. The first-order chi connectivity index (χ1) is 14.9. The summed E-state index contributed by atoms with van der Waals surface area (Å²) in [6.45, 7) is 5.73. The van der Waals surface area contributed by atoms with Crippen LogP contribution in [0.3, 0.4) is 0 Å². The molecular formula is C21H22N2O6S2. The Labute approximate surface area is 184 Å². The van der Waals surface area contributed by atoms with E-state index in [2.05, 4.69) is 4.98 Å². The molecule has 0 radical (unpaired) electrons. The molecule has 3 aromatic rings. The van der Waals surface area contributed by atoms with Gasteiger partial charge in [0, 0.05) is 19.2 Å². The molecule has 0 saturated carbocycles.